The van der Waals surface area contributed by atoms with Gasteiger partial charge in [0.2, 0.25) is 0 Å². The van der Waals surface area contributed by atoms with Crippen molar-refractivity contribution >= 4 is 6.29 Å². The standard InChI is InChI=1S/C8H16O2/c1-8(2,10)6-4-3-5-7-9/h7,10H,3-6H2,1-2H3. The third-order valence-electron chi connectivity index (χ3n) is 1.36. The average Bonchev–Trinajstić information content (AvgIpc) is 1.78. The molecule has 0 saturated heterocycles. The van der Waals surface area contributed by atoms with Crippen LogP contribution in [-0.2, 0) is 4.79 Å². The number of aldehydes is 1. The highest BCUT2D eigenvalue weighted by Crippen LogP contribution is 2.12. The molecule has 10 heavy (non-hydrogen) atoms. The van der Waals surface area contributed by atoms with Crippen molar-refractivity contribution in [3.05, 3.63) is 0 Å². The summed E-state index contributed by atoms with van der Waals surface area (Å²) in [5.74, 6) is 0. The van der Waals surface area contributed by atoms with Gasteiger partial charge < -0.3 is 9.90 Å². The Morgan fingerprint density at radius 3 is 2.40 bits per heavy atom. The van der Waals surface area contributed by atoms with Crippen LogP contribution >= 0.6 is 0 Å². The molecule has 0 heterocycles. The van der Waals surface area contributed by atoms with Crippen molar-refractivity contribution in [3.63, 3.8) is 0 Å². The van der Waals surface area contributed by atoms with E-state index >= 15 is 0 Å². The Morgan fingerprint density at radius 1 is 1.40 bits per heavy atom. The Hall–Kier alpha value is -0.370. The monoisotopic (exact) mass is 144 g/mol. The minimum absolute atomic E-state index is 0.567. The molecule has 0 aliphatic rings. The molecule has 2 nitrogen and oxygen atoms in total. The first-order chi connectivity index (χ1) is 4.56. The predicted molar refractivity (Wildman–Crippen MR) is 40.8 cm³/mol. The summed E-state index contributed by atoms with van der Waals surface area (Å²) in [5, 5.41) is 9.23. The van der Waals surface area contributed by atoms with Crippen LogP contribution < -0.4 is 0 Å². The van der Waals surface area contributed by atoms with Gasteiger partial charge in [-0.2, -0.15) is 0 Å². The van der Waals surface area contributed by atoms with Gasteiger partial charge in [-0.3, -0.25) is 0 Å². The van der Waals surface area contributed by atoms with E-state index in [1.807, 2.05) is 0 Å². The lowest BCUT2D eigenvalue weighted by Gasteiger charge is -2.15. The van der Waals surface area contributed by atoms with Crippen molar-refractivity contribution in [2.75, 3.05) is 0 Å². The van der Waals surface area contributed by atoms with Gasteiger partial charge in [0.15, 0.2) is 0 Å². The van der Waals surface area contributed by atoms with Gasteiger partial charge in [-0.1, -0.05) is 6.42 Å². The lowest BCUT2D eigenvalue weighted by atomic mass is 10.0. The van der Waals surface area contributed by atoms with E-state index in [0.717, 1.165) is 25.5 Å². The van der Waals surface area contributed by atoms with Crippen molar-refractivity contribution in [2.24, 2.45) is 0 Å². The zero-order valence-corrected chi connectivity index (χ0v) is 6.76. The molecule has 0 aliphatic carbocycles. The van der Waals surface area contributed by atoms with Crippen LogP contribution in [-0.4, -0.2) is 17.0 Å². The molecule has 0 spiro atoms. The molecule has 0 radical (unpaired) electrons. The molecule has 0 aromatic rings. The third kappa shape index (κ3) is 7.63. The normalized spacial score (nSPS) is 11.5. The lowest BCUT2D eigenvalue weighted by molar-refractivity contribution is -0.108. The van der Waals surface area contributed by atoms with Crippen LogP contribution in [0.2, 0.25) is 0 Å². The second kappa shape index (κ2) is 4.45. The predicted octanol–water partition coefficient (Wildman–Crippen LogP) is 1.52. The van der Waals surface area contributed by atoms with Crippen LogP contribution in [0, 0.1) is 0 Å². The molecule has 0 aromatic carbocycles. The summed E-state index contributed by atoms with van der Waals surface area (Å²) in [4.78, 5) is 9.87. The minimum atomic E-state index is -0.567. The molecule has 0 aliphatic heterocycles. The fourth-order valence-electron chi connectivity index (χ4n) is 0.785. The number of carbonyl (C=O) groups excluding carboxylic acids is 1. The largest absolute Gasteiger partial charge is 0.390 e. The van der Waals surface area contributed by atoms with Gasteiger partial charge in [-0.05, 0) is 26.7 Å². The Balaban J connectivity index is 3.12. The summed E-state index contributed by atoms with van der Waals surface area (Å²) in [6.07, 6.45) is 4.15. The summed E-state index contributed by atoms with van der Waals surface area (Å²) < 4.78 is 0. The van der Waals surface area contributed by atoms with E-state index in [-0.39, 0.29) is 0 Å². The molecule has 0 aromatic heterocycles. The first-order valence-electron chi connectivity index (χ1n) is 3.72. The van der Waals surface area contributed by atoms with Crippen molar-refractivity contribution in [2.45, 2.75) is 45.1 Å². The Bertz CT molecular complexity index is 91.9. The number of hydrogen-bond donors (Lipinski definition) is 1. The smallest absolute Gasteiger partial charge is 0.119 e. The van der Waals surface area contributed by atoms with Gasteiger partial charge in [0, 0.05) is 6.42 Å². The molecule has 0 atom stereocenters. The Kier molecular flexibility index (Phi) is 4.28. The van der Waals surface area contributed by atoms with Crippen molar-refractivity contribution in [1.29, 1.82) is 0 Å². The molecule has 2 heteroatoms. The van der Waals surface area contributed by atoms with Gasteiger partial charge in [-0.25, -0.2) is 0 Å². The molecule has 0 bridgehead atoms. The second-order valence-electron chi connectivity index (χ2n) is 3.22. The molecule has 0 unspecified atom stereocenters. The SMILES string of the molecule is CC(C)(O)CCCCC=O. The quantitative estimate of drug-likeness (QED) is 0.469. The highest BCUT2D eigenvalue weighted by Gasteiger charge is 2.10. The maximum atomic E-state index is 9.87. The summed E-state index contributed by atoms with van der Waals surface area (Å²) in [5.41, 5.74) is -0.567. The van der Waals surface area contributed by atoms with E-state index in [9.17, 15) is 9.90 Å². The Morgan fingerprint density at radius 2 is 2.00 bits per heavy atom. The average molecular weight is 144 g/mol. The van der Waals surface area contributed by atoms with Crippen LogP contribution in [0.3, 0.4) is 0 Å². The van der Waals surface area contributed by atoms with E-state index < -0.39 is 5.60 Å². The van der Waals surface area contributed by atoms with E-state index in [1.165, 1.54) is 0 Å². The summed E-state index contributed by atoms with van der Waals surface area (Å²) in [6.45, 7) is 3.57. The summed E-state index contributed by atoms with van der Waals surface area (Å²) in [7, 11) is 0. The molecule has 1 N–H and O–H groups in total. The second-order valence-corrected chi connectivity index (χ2v) is 3.22. The van der Waals surface area contributed by atoms with Crippen LogP contribution in [0.5, 0.6) is 0 Å². The molecular formula is C8H16O2. The highest BCUT2D eigenvalue weighted by atomic mass is 16.3. The number of hydrogen-bond acceptors (Lipinski definition) is 2. The number of aliphatic hydroxyl groups is 1. The first kappa shape index (κ1) is 9.63. The maximum absolute atomic E-state index is 9.87. The molecule has 0 saturated carbocycles. The number of rotatable bonds is 5. The highest BCUT2D eigenvalue weighted by molar-refractivity contribution is 5.48. The van der Waals surface area contributed by atoms with E-state index in [0.29, 0.717) is 6.42 Å². The Labute approximate surface area is 62.2 Å². The number of carbonyl (C=O) groups is 1. The van der Waals surface area contributed by atoms with Gasteiger partial charge in [0.05, 0.1) is 5.60 Å². The van der Waals surface area contributed by atoms with Crippen molar-refractivity contribution < 1.29 is 9.90 Å². The van der Waals surface area contributed by atoms with E-state index in [1.54, 1.807) is 13.8 Å². The molecule has 0 amide bonds. The fraction of sp³-hybridized carbons (Fsp3) is 0.875. The van der Waals surface area contributed by atoms with E-state index in [4.69, 9.17) is 0 Å². The third-order valence-corrected chi connectivity index (χ3v) is 1.36. The summed E-state index contributed by atoms with van der Waals surface area (Å²) in [6, 6.07) is 0. The minimum Gasteiger partial charge on any atom is -0.390 e. The zero-order chi connectivity index (χ0) is 8.04. The van der Waals surface area contributed by atoms with Crippen molar-refractivity contribution in [1.82, 2.24) is 0 Å². The van der Waals surface area contributed by atoms with Gasteiger partial charge in [0.1, 0.15) is 6.29 Å². The van der Waals surface area contributed by atoms with Crippen LogP contribution in [0.1, 0.15) is 39.5 Å². The molecule has 0 rings (SSSR count). The fourth-order valence-corrected chi connectivity index (χ4v) is 0.785. The van der Waals surface area contributed by atoms with Gasteiger partial charge in [0.25, 0.3) is 0 Å². The lowest BCUT2D eigenvalue weighted by Crippen LogP contribution is -2.17. The maximum Gasteiger partial charge on any atom is 0.119 e. The molecular weight excluding hydrogens is 128 g/mol. The van der Waals surface area contributed by atoms with Gasteiger partial charge in [-0.15, -0.1) is 0 Å². The summed E-state index contributed by atoms with van der Waals surface area (Å²) >= 11 is 0. The molecule has 0 fully saturated rings. The molecule has 60 valence electrons. The number of unbranched alkanes of at least 4 members (excludes halogenated alkanes) is 2. The van der Waals surface area contributed by atoms with E-state index in [2.05, 4.69) is 0 Å². The van der Waals surface area contributed by atoms with Crippen LogP contribution in [0.4, 0.5) is 0 Å². The zero-order valence-electron chi connectivity index (χ0n) is 6.76. The van der Waals surface area contributed by atoms with Gasteiger partial charge >= 0.3 is 0 Å². The van der Waals surface area contributed by atoms with Crippen LogP contribution in [0.25, 0.3) is 0 Å². The topological polar surface area (TPSA) is 37.3 Å². The van der Waals surface area contributed by atoms with Crippen LogP contribution in [0.15, 0.2) is 0 Å². The first-order valence-corrected chi connectivity index (χ1v) is 3.72. The van der Waals surface area contributed by atoms with Crippen molar-refractivity contribution in [3.8, 4) is 0 Å².